The molecule has 1 atom stereocenters. The molecular formula is C12H17F3O3. The number of hydrogen-bond donors (Lipinski definition) is 0. The number of carbonyl (C=O) groups excluding carboxylic acids is 1. The largest absolute Gasteiger partial charge is 0.463 e. The van der Waals surface area contributed by atoms with E-state index in [1.165, 1.54) is 6.42 Å². The molecule has 2 aliphatic rings. The van der Waals surface area contributed by atoms with Crippen molar-refractivity contribution >= 4 is 5.97 Å². The average Bonchev–Trinajstić information content (AvgIpc) is 3.10. The maximum atomic E-state index is 12.5. The molecule has 2 rings (SSSR count). The smallest absolute Gasteiger partial charge is 0.430 e. The fourth-order valence-electron chi connectivity index (χ4n) is 2.38. The van der Waals surface area contributed by atoms with Crippen molar-refractivity contribution in [1.82, 2.24) is 0 Å². The summed E-state index contributed by atoms with van der Waals surface area (Å²) in [5.41, 5.74) is -2.67. The third kappa shape index (κ3) is 2.79. The number of rotatable bonds is 4. The first-order valence-electron chi connectivity index (χ1n) is 6.33. The van der Waals surface area contributed by atoms with Crippen LogP contribution in [0.3, 0.4) is 0 Å². The molecule has 0 bridgehead atoms. The van der Waals surface area contributed by atoms with Crippen molar-refractivity contribution in [1.29, 1.82) is 0 Å². The average molecular weight is 266 g/mol. The van der Waals surface area contributed by atoms with Crippen molar-refractivity contribution in [2.45, 2.75) is 50.3 Å². The van der Waals surface area contributed by atoms with Gasteiger partial charge in [-0.1, -0.05) is 32.1 Å². The van der Waals surface area contributed by atoms with Gasteiger partial charge in [-0.15, -0.1) is 0 Å². The van der Waals surface area contributed by atoms with Gasteiger partial charge in [-0.05, 0) is 12.3 Å². The van der Waals surface area contributed by atoms with Gasteiger partial charge in [0.1, 0.15) is 0 Å². The Bertz CT molecular complexity index is 304. The van der Waals surface area contributed by atoms with Crippen molar-refractivity contribution in [2.75, 3.05) is 13.2 Å². The Balaban J connectivity index is 1.72. The van der Waals surface area contributed by atoms with E-state index < -0.39 is 24.4 Å². The minimum Gasteiger partial charge on any atom is -0.463 e. The normalized spacial score (nSPS) is 29.1. The van der Waals surface area contributed by atoms with Crippen molar-refractivity contribution < 1.29 is 27.4 Å². The molecule has 0 unspecified atom stereocenters. The molecule has 3 nitrogen and oxygen atoms in total. The van der Waals surface area contributed by atoms with Crippen LogP contribution in [-0.2, 0) is 14.3 Å². The van der Waals surface area contributed by atoms with Gasteiger partial charge in [0.25, 0.3) is 5.60 Å². The molecule has 2 fully saturated rings. The van der Waals surface area contributed by atoms with E-state index >= 15 is 0 Å². The lowest BCUT2D eigenvalue weighted by Crippen LogP contribution is -2.42. The molecule has 0 aromatic rings. The van der Waals surface area contributed by atoms with Gasteiger partial charge in [0.2, 0.25) is 0 Å². The molecule has 0 aromatic heterocycles. The second kappa shape index (κ2) is 5.07. The van der Waals surface area contributed by atoms with Crippen molar-refractivity contribution in [2.24, 2.45) is 5.92 Å². The van der Waals surface area contributed by atoms with E-state index in [0.717, 1.165) is 25.7 Å². The summed E-state index contributed by atoms with van der Waals surface area (Å²) in [6.07, 6.45) is 1.69. The second-order valence-corrected chi connectivity index (χ2v) is 5.04. The van der Waals surface area contributed by atoms with Gasteiger partial charge in [0.15, 0.2) is 0 Å². The predicted octanol–water partition coefficient (Wildman–Crippen LogP) is 2.83. The Labute approximate surface area is 104 Å². The zero-order valence-corrected chi connectivity index (χ0v) is 10.1. The van der Waals surface area contributed by atoms with E-state index in [2.05, 4.69) is 4.74 Å². The zero-order chi connectivity index (χ0) is 13.2. The lowest BCUT2D eigenvalue weighted by atomic mass is 9.87. The number of epoxide rings is 1. The van der Waals surface area contributed by atoms with Crippen LogP contribution in [-0.4, -0.2) is 31.0 Å². The fraction of sp³-hybridized carbons (Fsp3) is 0.917. The molecule has 1 heterocycles. The van der Waals surface area contributed by atoms with E-state index in [1.807, 2.05) is 0 Å². The predicted molar refractivity (Wildman–Crippen MR) is 56.9 cm³/mol. The summed E-state index contributed by atoms with van der Waals surface area (Å²) in [6, 6.07) is 0. The molecule has 18 heavy (non-hydrogen) atoms. The summed E-state index contributed by atoms with van der Waals surface area (Å²) in [5, 5.41) is 0. The van der Waals surface area contributed by atoms with Gasteiger partial charge >= 0.3 is 12.1 Å². The SMILES string of the molecule is O=C(OCCC1CCCCC1)[C@@]1(C(F)(F)F)CO1. The number of esters is 1. The van der Waals surface area contributed by atoms with Gasteiger partial charge in [-0.2, -0.15) is 13.2 Å². The minimum atomic E-state index is -4.67. The highest BCUT2D eigenvalue weighted by Gasteiger charge is 2.72. The summed E-state index contributed by atoms with van der Waals surface area (Å²) in [6.45, 7) is -0.552. The van der Waals surface area contributed by atoms with Crippen molar-refractivity contribution in [3.05, 3.63) is 0 Å². The molecule has 0 N–H and O–H groups in total. The number of hydrogen-bond acceptors (Lipinski definition) is 3. The Morgan fingerprint density at radius 1 is 1.28 bits per heavy atom. The first kappa shape index (κ1) is 13.6. The third-order valence-electron chi connectivity index (χ3n) is 3.70. The Morgan fingerprint density at radius 2 is 1.89 bits per heavy atom. The van der Waals surface area contributed by atoms with Crippen LogP contribution in [0.15, 0.2) is 0 Å². The van der Waals surface area contributed by atoms with Gasteiger partial charge < -0.3 is 9.47 Å². The maximum absolute atomic E-state index is 12.5. The van der Waals surface area contributed by atoms with Crippen molar-refractivity contribution in [3.8, 4) is 0 Å². The lowest BCUT2D eigenvalue weighted by Gasteiger charge is -2.21. The van der Waals surface area contributed by atoms with Crippen LogP contribution in [0.1, 0.15) is 38.5 Å². The van der Waals surface area contributed by atoms with Crippen LogP contribution in [0.5, 0.6) is 0 Å². The first-order chi connectivity index (χ1) is 8.46. The third-order valence-corrected chi connectivity index (χ3v) is 3.70. The molecule has 0 aromatic carbocycles. The summed E-state index contributed by atoms with van der Waals surface area (Å²) < 4.78 is 46.5. The van der Waals surface area contributed by atoms with Crippen LogP contribution in [0, 0.1) is 5.92 Å². The summed E-state index contributed by atoms with van der Waals surface area (Å²) in [5.74, 6) is -0.806. The van der Waals surface area contributed by atoms with Crippen LogP contribution in [0.25, 0.3) is 0 Å². The van der Waals surface area contributed by atoms with Gasteiger partial charge in [-0.3, -0.25) is 0 Å². The van der Waals surface area contributed by atoms with Crippen LogP contribution in [0.2, 0.25) is 0 Å². The molecule has 1 aliphatic heterocycles. The topological polar surface area (TPSA) is 38.8 Å². The summed E-state index contributed by atoms with van der Waals surface area (Å²) >= 11 is 0. The monoisotopic (exact) mass is 266 g/mol. The van der Waals surface area contributed by atoms with Gasteiger partial charge in [0.05, 0.1) is 13.2 Å². The van der Waals surface area contributed by atoms with Gasteiger partial charge in [-0.25, -0.2) is 4.79 Å². The van der Waals surface area contributed by atoms with Crippen LogP contribution in [0.4, 0.5) is 13.2 Å². The highest BCUT2D eigenvalue weighted by molar-refractivity contribution is 5.83. The molecule has 0 spiro atoms. The first-order valence-corrected chi connectivity index (χ1v) is 6.33. The molecule has 0 amide bonds. The number of ether oxygens (including phenoxy) is 2. The van der Waals surface area contributed by atoms with Crippen molar-refractivity contribution in [3.63, 3.8) is 0 Å². The minimum absolute atomic E-state index is 0.0602. The molecule has 0 radical (unpaired) electrons. The molecule has 1 saturated heterocycles. The standard InChI is InChI=1S/C12H17F3O3/c13-12(14,15)11(8-18-11)10(16)17-7-6-9-4-2-1-3-5-9/h9H,1-8H2/t11-/m1/s1. The highest BCUT2D eigenvalue weighted by atomic mass is 19.4. The van der Waals surface area contributed by atoms with E-state index in [-0.39, 0.29) is 6.61 Å². The Hall–Kier alpha value is -0.780. The summed E-state index contributed by atoms with van der Waals surface area (Å²) in [4.78, 5) is 11.3. The number of halogens is 3. The van der Waals surface area contributed by atoms with Gasteiger partial charge in [0, 0.05) is 0 Å². The molecule has 1 saturated carbocycles. The maximum Gasteiger partial charge on any atom is 0.430 e. The molecular weight excluding hydrogens is 249 g/mol. The second-order valence-electron chi connectivity index (χ2n) is 5.04. The van der Waals surface area contributed by atoms with E-state index in [9.17, 15) is 18.0 Å². The number of alkyl halides is 3. The van der Waals surface area contributed by atoms with E-state index in [0.29, 0.717) is 12.3 Å². The Morgan fingerprint density at radius 3 is 2.39 bits per heavy atom. The fourth-order valence-corrected chi connectivity index (χ4v) is 2.38. The van der Waals surface area contributed by atoms with E-state index in [4.69, 9.17) is 4.74 Å². The number of carbonyl (C=O) groups is 1. The lowest BCUT2D eigenvalue weighted by molar-refractivity contribution is -0.204. The van der Waals surface area contributed by atoms with Crippen LogP contribution >= 0.6 is 0 Å². The quantitative estimate of drug-likeness (QED) is 0.580. The summed E-state index contributed by atoms with van der Waals surface area (Å²) in [7, 11) is 0. The molecule has 1 aliphatic carbocycles. The Kier molecular flexibility index (Phi) is 3.84. The molecule has 6 heteroatoms. The van der Waals surface area contributed by atoms with Crippen LogP contribution < -0.4 is 0 Å². The van der Waals surface area contributed by atoms with E-state index in [1.54, 1.807) is 0 Å². The zero-order valence-electron chi connectivity index (χ0n) is 10.1. The molecule has 104 valence electrons. The highest BCUT2D eigenvalue weighted by Crippen LogP contribution is 2.44.